The minimum Gasteiger partial charge on any atom is -0.224 e. The lowest BCUT2D eigenvalue weighted by atomic mass is 10.3. The fraction of sp³-hybridized carbons (Fsp3) is 0.176. The molecule has 0 aliphatic heterocycles. The molecule has 0 bridgehead atoms. The zero-order valence-corrected chi connectivity index (χ0v) is 14.1. The topological polar surface area (TPSA) is 68.3 Å². The normalized spacial score (nSPS) is 12.5. The molecular weight excluding hydrogens is 332 g/mol. The van der Waals surface area contributed by atoms with Gasteiger partial charge < -0.3 is 0 Å². The number of rotatable bonds is 7. The Labute approximate surface area is 137 Å². The molecule has 0 aromatic heterocycles. The van der Waals surface area contributed by atoms with E-state index in [0.29, 0.717) is 17.7 Å². The number of hydrogen-bond donors (Lipinski definition) is 0. The Morgan fingerprint density at radius 2 is 1.26 bits per heavy atom. The summed E-state index contributed by atoms with van der Waals surface area (Å²) in [6, 6.07) is 16.4. The van der Waals surface area contributed by atoms with Gasteiger partial charge in [-0.2, -0.15) is 0 Å². The van der Waals surface area contributed by atoms with E-state index in [0.717, 1.165) is 5.41 Å². The summed E-state index contributed by atoms with van der Waals surface area (Å²) in [5.74, 6) is -0.00720. The van der Waals surface area contributed by atoms with Gasteiger partial charge in [0.25, 0.3) is 0 Å². The molecular formula is C17H18O4S2. The molecule has 0 spiro atoms. The largest absolute Gasteiger partial charge is 0.224 e. The molecule has 0 aliphatic rings. The van der Waals surface area contributed by atoms with Gasteiger partial charge in [0.1, 0.15) is 0 Å². The first-order valence-electron chi connectivity index (χ1n) is 7.16. The maximum absolute atomic E-state index is 12.1. The van der Waals surface area contributed by atoms with Gasteiger partial charge in [0.2, 0.25) is 0 Å². The van der Waals surface area contributed by atoms with Crippen LogP contribution >= 0.6 is 0 Å². The van der Waals surface area contributed by atoms with E-state index in [1.165, 1.54) is 18.2 Å². The fourth-order valence-corrected chi connectivity index (χ4v) is 4.46. The third-order valence-electron chi connectivity index (χ3n) is 3.23. The van der Waals surface area contributed by atoms with Crippen LogP contribution in [0.15, 0.2) is 81.9 Å². The number of unbranched alkanes of at least 4 members (excludes halogenated alkanes) is 1. The minimum absolute atomic E-state index is 0.00720. The molecule has 0 atom stereocenters. The zero-order chi connectivity index (χ0) is 16.8. The Balaban J connectivity index is 1.91. The molecule has 0 saturated carbocycles. The molecule has 0 amide bonds. The molecule has 2 rings (SSSR count). The van der Waals surface area contributed by atoms with Gasteiger partial charge in [-0.3, -0.25) is 0 Å². The Bertz CT molecular complexity index is 853. The summed E-state index contributed by atoms with van der Waals surface area (Å²) < 4.78 is 48.2. The molecule has 2 aromatic rings. The van der Waals surface area contributed by atoms with Crippen LogP contribution in [0.4, 0.5) is 0 Å². The molecule has 4 nitrogen and oxygen atoms in total. The van der Waals surface area contributed by atoms with Crippen molar-refractivity contribution in [1.29, 1.82) is 0 Å². The average molecular weight is 350 g/mol. The summed E-state index contributed by atoms with van der Waals surface area (Å²) in [5, 5.41) is 1.14. The quantitative estimate of drug-likeness (QED) is 0.719. The Morgan fingerprint density at radius 3 is 1.83 bits per heavy atom. The third kappa shape index (κ3) is 5.04. The van der Waals surface area contributed by atoms with Gasteiger partial charge in [0.05, 0.1) is 15.5 Å². The van der Waals surface area contributed by atoms with Crippen molar-refractivity contribution in [2.24, 2.45) is 0 Å². The van der Waals surface area contributed by atoms with Gasteiger partial charge in [0, 0.05) is 5.41 Å². The summed E-state index contributed by atoms with van der Waals surface area (Å²) in [6.45, 7) is 0. The lowest BCUT2D eigenvalue weighted by Crippen LogP contribution is -2.06. The molecule has 0 aliphatic carbocycles. The molecule has 0 fully saturated rings. The molecule has 6 heteroatoms. The van der Waals surface area contributed by atoms with E-state index in [1.807, 2.05) is 0 Å². The Morgan fingerprint density at radius 1 is 0.739 bits per heavy atom. The number of hydrogen-bond acceptors (Lipinski definition) is 4. The molecule has 122 valence electrons. The van der Waals surface area contributed by atoms with Crippen LogP contribution in [0, 0.1) is 0 Å². The molecule has 0 heterocycles. The summed E-state index contributed by atoms with van der Waals surface area (Å²) in [5.41, 5.74) is 0. The van der Waals surface area contributed by atoms with Crippen LogP contribution in [-0.2, 0) is 19.7 Å². The molecule has 0 N–H and O–H groups in total. The van der Waals surface area contributed by atoms with E-state index in [-0.39, 0.29) is 10.6 Å². The Hall–Kier alpha value is -1.92. The van der Waals surface area contributed by atoms with E-state index in [4.69, 9.17) is 0 Å². The third-order valence-corrected chi connectivity index (χ3v) is 6.53. The SMILES string of the molecule is O=S(=O)(C=CCCCS(=O)(=O)c1ccccc1)c1ccccc1. The maximum Gasteiger partial charge on any atom is 0.199 e. The summed E-state index contributed by atoms with van der Waals surface area (Å²) in [6.07, 6.45) is 2.26. The molecule has 0 saturated heterocycles. The predicted molar refractivity (Wildman–Crippen MR) is 90.5 cm³/mol. The highest BCUT2D eigenvalue weighted by molar-refractivity contribution is 7.94. The zero-order valence-electron chi connectivity index (χ0n) is 12.5. The molecule has 0 unspecified atom stereocenters. The Kier molecular flexibility index (Phi) is 5.74. The van der Waals surface area contributed by atoms with Gasteiger partial charge in [-0.1, -0.05) is 42.5 Å². The minimum atomic E-state index is -3.46. The second-order valence-corrected chi connectivity index (χ2v) is 8.95. The fourth-order valence-electron chi connectivity index (χ4n) is 2.02. The van der Waals surface area contributed by atoms with Gasteiger partial charge in [0.15, 0.2) is 19.7 Å². The van der Waals surface area contributed by atoms with Crippen molar-refractivity contribution in [1.82, 2.24) is 0 Å². The van der Waals surface area contributed by atoms with E-state index in [2.05, 4.69) is 0 Å². The van der Waals surface area contributed by atoms with Crippen LogP contribution in [-0.4, -0.2) is 22.6 Å². The molecule has 23 heavy (non-hydrogen) atoms. The van der Waals surface area contributed by atoms with Crippen molar-refractivity contribution in [3.63, 3.8) is 0 Å². The smallest absolute Gasteiger partial charge is 0.199 e. The van der Waals surface area contributed by atoms with Crippen LogP contribution in [0.25, 0.3) is 0 Å². The van der Waals surface area contributed by atoms with E-state index in [1.54, 1.807) is 48.5 Å². The molecule has 2 aromatic carbocycles. The summed E-state index contributed by atoms with van der Waals surface area (Å²) >= 11 is 0. The average Bonchev–Trinajstić information content (AvgIpc) is 2.56. The highest BCUT2D eigenvalue weighted by atomic mass is 32.2. The summed E-state index contributed by atoms with van der Waals surface area (Å²) in [4.78, 5) is 0.522. The second-order valence-electron chi connectivity index (χ2n) is 5.00. The summed E-state index contributed by atoms with van der Waals surface area (Å²) in [7, 11) is -6.77. The van der Waals surface area contributed by atoms with Crippen molar-refractivity contribution in [3.8, 4) is 0 Å². The monoisotopic (exact) mass is 350 g/mol. The van der Waals surface area contributed by atoms with Crippen molar-refractivity contribution >= 4 is 19.7 Å². The van der Waals surface area contributed by atoms with Crippen LogP contribution in [0.5, 0.6) is 0 Å². The van der Waals surface area contributed by atoms with Crippen LogP contribution in [0.2, 0.25) is 0 Å². The van der Waals surface area contributed by atoms with E-state index in [9.17, 15) is 16.8 Å². The van der Waals surface area contributed by atoms with Gasteiger partial charge in [-0.15, -0.1) is 0 Å². The van der Waals surface area contributed by atoms with Crippen LogP contribution in [0.3, 0.4) is 0 Å². The highest BCUT2D eigenvalue weighted by Gasteiger charge is 2.13. The van der Waals surface area contributed by atoms with Crippen molar-refractivity contribution in [2.45, 2.75) is 22.6 Å². The van der Waals surface area contributed by atoms with E-state index < -0.39 is 19.7 Å². The van der Waals surface area contributed by atoms with Gasteiger partial charge in [-0.25, -0.2) is 16.8 Å². The predicted octanol–water partition coefficient (Wildman–Crippen LogP) is 3.23. The lowest BCUT2D eigenvalue weighted by Gasteiger charge is -2.02. The standard InChI is InChI=1S/C17H18O4S2/c18-22(19,16-10-4-1-5-11-16)14-8-3-9-15-23(20,21)17-12-6-2-7-13-17/h1-2,4-8,10-14H,3,9,15H2. The first-order chi connectivity index (χ1) is 10.9. The maximum atomic E-state index is 12.1. The first kappa shape index (κ1) is 17.4. The van der Waals surface area contributed by atoms with Gasteiger partial charge >= 0.3 is 0 Å². The number of allylic oxidation sites excluding steroid dienone is 1. The van der Waals surface area contributed by atoms with Crippen molar-refractivity contribution in [2.75, 3.05) is 5.75 Å². The highest BCUT2D eigenvalue weighted by Crippen LogP contribution is 2.14. The first-order valence-corrected chi connectivity index (χ1v) is 10.4. The van der Waals surface area contributed by atoms with Gasteiger partial charge in [-0.05, 0) is 37.1 Å². The lowest BCUT2D eigenvalue weighted by molar-refractivity contribution is 0.593. The number of sulfone groups is 2. The number of benzene rings is 2. The second kappa shape index (κ2) is 7.57. The van der Waals surface area contributed by atoms with Crippen molar-refractivity contribution < 1.29 is 16.8 Å². The van der Waals surface area contributed by atoms with Crippen LogP contribution < -0.4 is 0 Å². The van der Waals surface area contributed by atoms with Crippen molar-refractivity contribution in [3.05, 3.63) is 72.1 Å². The van der Waals surface area contributed by atoms with Crippen LogP contribution in [0.1, 0.15) is 12.8 Å². The van der Waals surface area contributed by atoms with E-state index >= 15 is 0 Å². The molecule has 0 radical (unpaired) electrons.